The number of anilines is 1. The summed E-state index contributed by atoms with van der Waals surface area (Å²) >= 11 is 1.82. The van der Waals surface area contributed by atoms with Crippen LogP contribution in [-0.4, -0.2) is 73.4 Å². The molecule has 2 aliphatic rings. The molecule has 0 saturated carbocycles. The zero-order valence-corrected chi connectivity index (χ0v) is 23.3. The SMILES string of the molecule is Bc1sc(N2CCC(N(CCO)CCCCO)CC2)nc1-c1ccc2c(c1)C(C)(C)CCC2(C)C. The van der Waals surface area contributed by atoms with Gasteiger partial charge in [-0.25, -0.2) is 4.98 Å². The summed E-state index contributed by atoms with van der Waals surface area (Å²) in [6.07, 6.45) is 6.46. The van der Waals surface area contributed by atoms with Gasteiger partial charge in [0.05, 0.1) is 12.3 Å². The van der Waals surface area contributed by atoms with Gasteiger partial charge in [0, 0.05) is 37.8 Å². The van der Waals surface area contributed by atoms with Crippen LogP contribution in [0.2, 0.25) is 0 Å². The summed E-state index contributed by atoms with van der Waals surface area (Å²) in [5, 5.41) is 19.8. The molecule has 2 heterocycles. The lowest BCUT2D eigenvalue weighted by molar-refractivity contribution is 0.128. The van der Waals surface area contributed by atoms with Crippen molar-refractivity contribution < 1.29 is 10.2 Å². The van der Waals surface area contributed by atoms with Crippen molar-refractivity contribution in [1.82, 2.24) is 9.88 Å². The van der Waals surface area contributed by atoms with Gasteiger partial charge in [0.15, 0.2) is 13.0 Å². The molecule has 192 valence electrons. The van der Waals surface area contributed by atoms with Gasteiger partial charge in [-0.05, 0) is 77.9 Å². The second-order valence-electron chi connectivity index (χ2n) is 11.8. The lowest BCUT2D eigenvalue weighted by Gasteiger charge is -2.42. The van der Waals surface area contributed by atoms with E-state index in [9.17, 15) is 5.11 Å². The van der Waals surface area contributed by atoms with E-state index in [1.54, 1.807) is 0 Å². The first-order chi connectivity index (χ1) is 16.7. The summed E-state index contributed by atoms with van der Waals surface area (Å²) in [4.78, 5) is 10.0. The maximum absolute atomic E-state index is 9.52. The summed E-state index contributed by atoms with van der Waals surface area (Å²) in [5.74, 6) is 0. The number of piperidine rings is 1. The molecule has 1 aromatic carbocycles. The van der Waals surface area contributed by atoms with Crippen LogP contribution in [0.15, 0.2) is 18.2 Å². The van der Waals surface area contributed by atoms with E-state index < -0.39 is 0 Å². The van der Waals surface area contributed by atoms with Crippen LogP contribution in [0.4, 0.5) is 5.13 Å². The minimum absolute atomic E-state index is 0.198. The Kier molecular flexibility index (Phi) is 8.31. The molecule has 5 nitrogen and oxygen atoms in total. The number of benzene rings is 1. The van der Waals surface area contributed by atoms with Gasteiger partial charge in [-0.1, -0.05) is 39.8 Å². The normalized spacial score (nSPS) is 19.8. The fraction of sp³-hybridized carbons (Fsp3) is 0.679. The van der Waals surface area contributed by atoms with Crippen LogP contribution < -0.4 is 9.68 Å². The molecule has 1 aliphatic carbocycles. The molecule has 2 aromatic rings. The van der Waals surface area contributed by atoms with E-state index in [1.165, 1.54) is 34.3 Å². The van der Waals surface area contributed by atoms with E-state index in [-0.39, 0.29) is 24.0 Å². The molecule has 2 N–H and O–H groups in total. The monoisotopic (exact) mass is 497 g/mol. The highest BCUT2D eigenvalue weighted by atomic mass is 32.1. The molecule has 1 aromatic heterocycles. The van der Waals surface area contributed by atoms with Crippen molar-refractivity contribution >= 4 is 29.1 Å². The molecule has 35 heavy (non-hydrogen) atoms. The molecule has 1 aliphatic heterocycles. The zero-order valence-electron chi connectivity index (χ0n) is 22.4. The Morgan fingerprint density at radius 1 is 1.00 bits per heavy atom. The predicted molar refractivity (Wildman–Crippen MR) is 151 cm³/mol. The van der Waals surface area contributed by atoms with Crippen LogP contribution in [-0.2, 0) is 10.8 Å². The second kappa shape index (κ2) is 10.9. The van der Waals surface area contributed by atoms with Crippen LogP contribution in [0, 0.1) is 0 Å². The molecular weight excluding hydrogens is 453 g/mol. The van der Waals surface area contributed by atoms with Gasteiger partial charge in [-0.3, -0.25) is 4.90 Å². The Morgan fingerprint density at radius 3 is 2.34 bits per heavy atom. The van der Waals surface area contributed by atoms with Crippen LogP contribution in [0.25, 0.3) is 11.3 Å². The molecule has 7 heteroatoms. The molecule has 0 unspecified atom stereocenters. The largest absolute Gasteiger partial charge is 0.396 e. The van der Waals surface area contributed by atoms with E-state index in [0.29, 0.717) is 6.04 Å². The van der Waals surface area contributed by atoms with Crippen LogP contribution in [0.3, 0.4) is 0 Å². The maximum atomic E-state index is 9.52. The number of aliphatic hydroxyl groups is 2. The van der Waals surface area contributed by atoms with Crippen molar-refractivity contribution in [3.05, 3.63) is 29.3 Å². The molecule has 0 atom stereocenters. The van der Waals surface area contributed by atoms with Crippen LogP contribution >= 0.6 is 11.3 Å². The Labute approximate surface area is 217 Å². The third kappa shape index (κ3) is 5.79. The molecular formula is C28H44BN3O2S. The average molecular weight is 498 g/mol. The van der Waals surface area contributed by atoms with E-state index in [0.717, 1.165) is 62.7 Å². The Hall–Kier alpha value is -1.41. The number of hydrogen-bond donors (Lipinski definition) is 2. The quantitative estimate of drug-likeness (QED) is 0.411. The minimum atomic E-state index is 0.198. The summed E-state index contributed by atoms with van der Waals surface area (Å²) < 4.78 is 1.29. The number of nitrogens with zero attached hydrogens (tertiary/aromatic N) is 3. The van der Waals surface area contributed by atoms with Crippen LogP contribution in [0.1, 0.15) is 77.3 Å². The van der Waals surface area contributed by atoms with Crippen molar-refractivity contribution in [2.24, 2.45) is 0 Å². The van der Waals surface area contributed by atoms with Gasteiger partial charge in [0.1, 0.15) is 0 Å². The smallest absolute Gasteiger partial charge is 0.185 e. The maximum Gasteiger partial charge on any atom is 0.185 e. The van der Waals surface area contributed by atoms with Crippen molar-refractivity contribution in [2.75, 3.05) is 44.3 Å². The molecule has 1 fully saturated rings. The summed E-state index contributed by atoms with van der Waals surface area (Å²) in [5.41, 5.74) is 5.82. The van der Waals surface area contributed by atoms with Gasteiger partial charge in [0.25, 0.3) is 0 Å². The molecule has 0 spiro atoms. The zero-order chi connectivity index (χ0) is 25.2. The molecule has 0 amide bonds. The molecule has 0 bridgehead atoms. The standard InChI is InChI=1S/C28H44BN3O2S/c1-27(2)11-12-28(3,4)23-19-20(7-8-22(23)27)24-25(29)35-26(30-24)32-14-9-21(10-15-32)31(16-18-34)13-5-6-17-33/h7-8,19,21,33-34H,5-6,9-18,29H2,1-4H3. The lowest BCUT2D eigenvalue weighted by atomic mass is 9.63. The number of thiazole rings is 1. The van der Waals surface area contributed by atoms with Crippen molar-refractivity contribution in [1.29, 1.82) is 0 Å². The van der Waals surface area contributed by atoms with Crippen molar-refractivity contribution in [3.63, 3.8) is 0 Å². The third-order valence-electron chi connectivity index (χ3n) is 8.40. The van der Waals surface area contributed by atoms with Crippen LogP contribution in [0.5, 0.6) is 0 Å². The number of rotatable bonds is 9. The fourth-order valence-corrected chi connectivity index (χ4v) is 6.96. The van der Waals surface area contributed by atoms with Gasteiger partial charge < -0.3 is 15.1 Å². The highest BCUT2D eigenvalue weighted by Gasteiger charge is 2.37. The van der Waals surface area contributed by atoms with E-state index >= 15 is 0 Å². The van der Waals surface area contributed by atoms with Gasteiger partial charge in [-0.15, -0.1) is 11.3 Å². The number of aliphatic hydroxyl groups excluding tert-OH is 2. The Morgan fingerprint density at radius 2 is 1.69 bits per heavy atom. The summed E-state index contributed by atoms with van der Waals surface area (Å²) in [6.45, 7) is 13.7. The lowest BCUT2D eigenvalue weighted by Crippen LogP contribution is -2.46. The van der Waals surface area contributed by atoms with Crippen molar-refractivity contribution in [2.45, 2.75) is 83.1 Å². The number of unbranched alkanes of at least 4 members (excludes halogenated alkanes) is 1. The first-order valence-corrected chi connectivity index (χ1v) is 14.3. The van der Waals surface area contributed by atoms with Crippen molar-refractivity contribution in [3.8, 4) is 11.3 Å². The second-order valence-corrected chi connectivity index (χ2v) is 13.0. The van der Waals surface area contributed by atoms with Gasteiger partial charge >= 0.3 is 0 Å². The Balaban J connectivity index is 1.48. The minimum Gasteiger partial charge on any atom is -0.396 e. The molecule has 1 saturated heterocycles. The summed E-state index contributed by atoms with van der Waals surface area (Å²) in [6, 6.07) is 7.58. The fourth-order valence-electron chi connectivity index (χ4n) is 5.98. The topological polar surface area (TPSA) is 59.8 Å². The van der Waals surface area contributed by atoms with Gasteiger partial charge in [-0.2, -0.15) is 0 Å². The number of fused-ring (bicyclic) bond motifs is 1. The third-order valence-corrected chi connectivity index (χ3v) is 9.44. The van der Waals surface area contributed by atoms with E-state index in [2.05, 4.69) is 63.5 Å². The van der Waals surface area contributed by atoms with Gasteiger partial charge in [0.2, 0.25) is 0 Å². The first kappa shape index (κ1) is 26.7. The van der Waals surface area contributed by atoms with E-state index in [1.807, 2.05) is 11.3 Å². The Bertz CT molecular complexity index is 998. The molecule has 0 radical (unpaired) electrons. The highest BCUT2D eigenvalue weighted by Crippen LogP contribution is 2.46. The first-order valence-electron chi connectivity index (χ1n) is 13.5. The predicted octanol–water partition coefficient (Wildman–Crippen LogP) is 3.45. The average Bonchev–Trinajstić information content (AvgIpc) is 3.23. The number of aromatic nitrogens is 1. The summed E-state index contributed by atoms with van der Waals surface area (Å²) in [7, 11) is 2.21. The highest BCUT2D eigenvalue weighted by molar-refractivity contribution is 7.23. The molecule has 4 rings (SSSR count). The number of hydrogen-bond acceptors (Lipinski definition) is 6. The van der Waals surface area contributed by atoms with E-state index in [4.69, 9.17) is 10.1 Å².